The van der Waals surface area contributed by atoms with Crippen LogP contribution in [0.4, 0.5) is 14.5 Å². The van der Waals surface area contributed by atoms with Crippen molar-refractivity contribution in [3.63, 3.8) is 0 Å². The summed E-state index contributed by atoms with van der Waals surface area (Å²) >= 11 is 0. The van der Waals surface area contributed by atoms with Crippen LogP contribution < -0.4 is 5.32 Å². The molecule has 0 heterocycles. The molecule has 12 heavy (non-hydrogen) atoms. The molecule has 2 nitrogen and oxygen atoms in total. The van der Waals surface area contributed by atoms with Gasteiger partial charge in [0.05, 0.1) is 6.61 Å². The second-order valence-corrected chi connectivity index (χ2v) is 2.25. The highest BCUT2D eigenvalue weighted by molar-refractivity contribution is 5.45. The van der Waals surface area contributed by atoms with Crippen molar-refractivity contribution in [1.29, 1.82) is 0 Å². The van der Waals surface area contributed by atoms with Crippen molar-refractivity contribution in [2.45, 2.75) is 0 Å². The van der Waals surface area contributed by atoms with Gasteiger partial charge in [-0.2, -0.15) is 0 Å². The molecule has 0 atom stereocenters. The van der Waals surface area contributed by atoms with Crippen molar-refractivity contribution >= 4 is 5.69 Å². The van der Waals surface area contributed by atoms with Gasteiger partial charge in [0.15, 0.2) is 0 Å². The molecule has 4 heteroatoms. The molecule has 1 aromatic carbocycles. The van der Waals surface area contributed by atoms with E-state index in [1.54, 1.807) is 0 Å². The highest BCUT2D eigenvalue weighted by atomic mass is 19.1. The average Bonchev–Trinajstić information content (AvgIpc) is 2.04. The summed E-state index contributed by atoms with van der Waals surface area (Å²) in [5.74, 6) is -1.30. The van der Waals surface area contributed by atoms with Crippen molar-refractivity contribution in [2.75, 3.05) is 18.5 Å². The van der Waals surface area contributed by atoms with E-state index in [-0.39, 0.29) is 18.8 Å². The highest BCUT2D eigenvalue weighted by Gasteiger charge is 2.05. The summed E-state index contributed by atoms with van der Waals surface area (Å²) in [6.07, 6.45) is 0. The van der Waals surface area contributed by atoms with E-state index in [1.165, 1.54) is 6.07 Å². The van der Waals surface area contributed by atoms with Gasteiger partial charge in [-0.1, -0.05) is 6.07 Å². The third-order valence-corrected chi connectivity index (χ3v) is 1.38. The van der Waals surface area contributed by atoms with E-state index in [0.29, 0.717) is 0 Å². The first-order valence-corrected chi connectivity index (χ1v) is 3.54. The molecule has 1 rings (SSSR count). The largest absolute Gasteiger partial charge is 0.395 e. The topological polar surface area (TPSA) is 32.3 Å². The average molecular weight is 173 g/mol. The summed E-state index contributed by atoms with van der Waals surface area (Å²) < 4.78 is 25.6. The van der Waals surface area contributed by atoms with Crippen LogP contribution in [-0.4, -0.2) is 18.3 Å². The van der Waals surface area contributed by atoms with Crippen LogP contribution in [0.25, 0.3) is 0 Å². The van der Waals surface area contributed by atoms with Crippen LogP contribution in [0.5, 0.6) is 0 Å². The standard InChI is InChI=1S/C8H9F2NO/c9-6-2-1-3-7(10)8(6)11-4-5-12/h1-3,11-12H,4-5H2. The van der Waals surface area contributed by atoms with E-state index in [1.807, 2.05) is 0 Å². The molecular weight excluding hydrogens is 164 g/mol. The quantitative estimate of drug-likeness (QED) is 0.723. The van der Waals surface area contributed by atoms with Gasteiger partial charge in [-0.25, -0.2) is 8.78 Å². The molecule has 0 saturated carbocycles. The Morgan fingerprint density at radius 1 is 1.25 bits per heavy atom. The zero-order valence-electron chi connectivity index (χ0n) is 6.35. The molecule has 0 unspecified atom stereocenters. The minimum absolute atomic E-state index is 0.137. The normalized spacial score (nSPS) is 9.92. The molecular formula is C8H9F2NO. The van der Waals surface area contributed by atoms with Crippen LogP contribution in [0, 0.1) is 11.6 Å². The lowest BCUT2D eigenvalue weighted by atomic mass is 10.3. The Bertz CT molecular complexity index is 245. The molecule has 0 fully saturated rings. The number of halogens is 2. The zero-order chi connectivity index (χ0) is 8.97. The van der Waals surface area contributed by atoms with Crippen molar-refractivity contribution in [3.05, 3.63) is 29.8 Å². The van der Waals surface area contributed by atoms with Crippen LogP contribution in [0.1, 0.15) is 0 Å². The molecule has 0 radical (unpaired) electrons. The maximum atomic E-state index is 12.8. The molecule has 0 bridgehead atoms. The molecule has 0 aromatic heterocycles. The number of anilines is 1. The van der Waals surface area contributed by atoms with E-state index >= 15 is 0 Å². The summed E-state index contributed by atoms with van der Waals surface area (Å²) in [6, 6.07) is 3.60. The van der Waals surface area contributed by atoms with E-state index in [0.717, 1.165) is 12.1 Å². The minimum atomic E-state index is -0.650. The van der Waals surface area contributed by atoms with Crippen molar-refractivity contribution in [3.8, 4) is 0 Å². The Morgan fingerprint density at radius 2 is 1.83 bits per heavy atom. The zero-order valence-corrected chi connectivity index (χ0v) is 6.35. The van der Waals surface area contributed by atoms with E-state index in [9.17, 15) is 8.78 Å². The predicted octanol–water partition coefficient (Wildman–Crippen LogP) is 1.37. The first-order chi connectivity index (χ1) is 5.75. The van der Waals surface area contributed by atoms with Crippen molar-refractivity contribution in [1.82, 2.24) is 0 Å². The van der Waals surface area contributed by atoms with Gasteiger partial charge >= 0.3 is 0 Å². The van der Waals surface area contributed by atoms with E-state index in [4.69, 9.17) is 5.11 Å². The molecule has 1 aromatic rings. The molecule has 0 saturated heterocycles. The van der Waals surface area contributed by atoms with Crippen molar-refractivity contribution < 1.29 is 13.9 Å². The fraction of sp³-hybridized carbons (Fsp3) is 0.250. The van der Waals surface area contributed by atoms with Gasteiger partial charge in [-0.3, -0.25) is 0 Å². The van der Waals surface area contributed by atoms with Crippen molar-refractivity contribution in [2.24, 2.45) is 0 Å². The molecule has 0 aliphatic carbocycles. The Labute approximate surface area is 68.8 Å². The molecule has 0 aliphatic rings. The van der Waals surface area contributed by atoms with E-state index < -0.39 is 11.6 Å². The number of para-hydroxylation sites is 1. The molecule has 0 spiro atoms. The molecule has 0 aliphatic heterocycles. The number of aliphatic hydroxyl groups is 1. The SMILES string of the molecule is OCCNc1c(F)cccc1F. The summed E-state index contributed by atoms with van der Waals surface area (Å²) in [5.41, 5.74) is -0.188. The third kappa shape index (κ3) is 1.92. The van der Waals surface area contributed by atoms with Crippen LogP contribution >= 0.6 is 0 Å². The van der Waals surface area contributed by atoms with Gasteiger partial charge in [0, 0.05) is 6.54 Å². The van der Waals surface area contributed by atoms with Gasteiger partial charge in [-0.15, -0.1) is 0 Å². The number of hydrogen-bond acceptors (Lipinski definition) is 2. The summed E-state index contributed by atoms with van der Waals surface area (Å²) in [4.78, 5) is 0. The van der Waals surface area contributed by atoms with Gasteiger partial charge in [0.2, 0.25) is 0 Å². The van der Waals surface area contributed by atoms with Crippen LogP contribution in [0.15, 0.2) is 18.2 Å². The number of aliphatic hydroxyl groups excluding tert-OH is 1. The number of hydrogen-bond donors (Lipinski definition) is 2. The smallest absolute Gasteiger partial charge is 0.149 e. The molecule has 2 N–H and O–H groups in total. The third-order valence-electron chi connectivity index (χ3n) is 1.38. The fourth-order valence-corrected chi connectivity index (χ4v) is 0.848. The van der Waals surface area contributed by atoms with Gasteiger partial charge in [-0.05, 0) is 12.1 Å². The number of benzene rings is 1. The van der Waals surface area contributed by atoms with Gasteiger partial charge in [0.1, 0.15) is 17.3 Å². The Hall–Kier alpha value is -1.16. The van der Waals surface area contributed by atoms with E-state index in [2.05, 4.69) is 5.32 Å². The molecule has 0 amide bonds. The lowest BCUT2D eigenvalue weighted by Gasteiger charge is -2.05. The summed E-state index contributed by atoms with van der Waals surface area (Å²) in [7, 11) is 0. The highest BCUT2D eigenvalue weighted by Crippen LogP contribution is 2.17. The van der Waals surface area contributed by atoms with Gasteiger partial charge in [0.25, 0.3) is 0 Å². The minimum Gasteiger partial charge on any atom is -0.395 e. The lowest BCUT2D eigenvalue weighted by molar-refractivity contribution is 0.310. The monoisotopic (exact) mass is 173 g/mol. The Morgan fingerprint density at radius 3 is 2.33 bits per heavy atom. The lowest BCUT2D eigenvalue weighted by Crippen LogP contribution is -2.08. The predicted molar refractivity (Wildman–Crippen MR) is 41.9 cm³/mol. The first kappa shape index (κ1) is 8.93. The summed E-state index contributed by atoms with van der Waals surface area (Å²) in [6.45, 7) is -0.0222. The second-order valence-electron chi connectivity index (χ2n) is 2.25. The summed E-state index contributed by atoms with van der Waals surface area (Å²) in [5, 5.41) is 10.8. The number of rotatable bonds is 3. The van der Waals surface area contributed by atoms with Crippen LogP contribution in [0.2, 0.25) is 0 Å². The Balaban J connectivity index is 2.81. The second kappa shape index (κ2) is 4.01. The van der Waals surface area contributed by atoms with Gasteiger partial charge < -0.3 is 10.4 Å². The molecule has 66 valence electrons. The maximum absolute atomic E-state index is 12.8. The van der Waals surface area contributed by atoms with Crippen LogP contribution in [0.3, 0.4) is 0 Å². The maximum Gasteiger partial charge on any atom is 0.149 e. The number of nitrogens with one attached hydrogen (secondary N) is 1. The Kier molecular flexibility index (Phi) is 2.99. The first-order valence-electron chi connectivity index (χ1n) is 3.54. The fourth-order valence-electron chi connectivity index (χ4n) is 0.848. The van der Waals surface area contributed by atoms with Crippen LogP contribution in [-0.2, 0) is 0 Å².